The molecule has 0 aromatic carbocycles. The van der Waals surface area contributed by atoms with E-state index in [-0.39, 0.29) is 12.6 Å². The van der Waals surface area contributed by atoms with Crippen LogP contribution in [0.4, 0.5) is 13.2 Å². The van der Waals surface area contributed by atoms with Gasteiger partial charge in [-0.3, -0.25) is 0 Å². The Morgan fingerprint density at radius 1 is 1.45 bits per heavy atom. The molecular weight excluding hydrogens is 159 g/mol. The number of methoxy groups -OCH3 is 1. The highest BCUT2D eigenvalue weighted by Crippen LogP contribution is 2.11. The van der Waals surface area contributed by atoms with Crippen LogP contribution in [0, 0.1) is 0 Å². The van der Waals surface area contributed by atoms with Crippen molar-refractivity contribution in [2.45, 2.75) is 19.2 Å². The van der Waals surface area contributed by atoms with Crippen LogP contribution >= 0.6 is 0 Å². The minimum Gasteiger partial charge on any atom is -0.380 e. The summed E-state index contributed by atoms with van der Waals surface area (Å²) in [5.74, 6) is 0. The van der Waals surface area contributed by atoms with Gasteiger partial charge in [-0.2, -0.15) is 13.2 Å². The van der Waals surface area contributed by atoms with Crippen LogP contribution in [-0.2, 0) is 4.74 Å². The number of hydrogen-bond acceptors (Lipinski definition) is 2. The van der Waals surface area contributed by atoms with E-state index in [0.717, 1.165) is 0 Å². The lowest BCUT2D eigenvalue weighted by atomic mass is 10.4. The fourth-order valence-electron chi connectivity index (χ4n) is 0.501. The second-order valence-electron chi connectivity index (χ2n) is 2.29. The molecule has 1 unspecified atom stereocenters. The first-order chi connectivity index (χ1) is 4.95. The highest BCUT2D eigenvalue weighted by Gasteiger charge is 2.26. The standard InChI is InChI=1S/C6H12F3NO/c1-5(11-2)3-10-4-6(7,8)9/h5,10H,3-4H2,1-2H3. The molecule has 0 heterocycles. The predicted molar refractivity (Wildman–Crippen MR) is 35.4 cm³/mol. The van der Waals surface area contributed by atoms with Crippen molar-refractivity contribution in [2.75, 3.05) is 20.2 Å². The van der Waals surface area contributed by atoms with Crippen molar-refractivity contribution >= 4 is 0 Å². The SMILES string of the molecule is COC(C)CNCC(F)(F)F. The quantitative estimate of drug-likeness (QED) is 0.685. The molecule has 0 saturated carbocycles. The second-order valence-corrected chi connectivity index (χ2v) is 2.29. The molecule has 11 heavy (non-hydrogen) atoms. The fraction of sp³-hybridized carbons (Fsp3) is 1.00. The Morgan fingerprint density at radius 2 is 2.00 bits per heavy atom. The first kappa shape index (κ1) is 10.7. The zero-order valence-electron chi connectivity index (χ0n) is 6.53. The maximum Gasteiger partial charge on any atom is 0.401 e. The Hall–Kier alpha value is -0.290. The van der Waals surface area contributed by atoms with Crippen LogP contribution in [0.15, 0.2) is 0 Å². The summed E-state index contributed by atoms with van der Waals surface area (Å²) in [7, 11) is 1.46. The average Bonchev–Trinajstić information content (AvgIpc) is 1.85. The molecule has 0 aliphatic rings. The van der Waals surface area contributed by atoms with Gasteiger partial charge in [0.1, 0.15) is 0 Å². The Bertz CT molecular complexity index is 104. The maximum atomic E-state index is 11.5. The topological polar surface area (TPSA) is 21.3 Å². The van der Waals surface area contributed by atoms with Crippen LogP contribution in [-0.4, -0.2) is 32.5 Å². The van der Waals surface area contributed by atoms with Gasteiger partial charge in [0.15, 0.2) is 0 Å². The van der Waals surface area contributed by atoms with Crippen LogP contribution in [0.1, 0.15) is 6.92 Å². The van der Waals surface area contributed by atoms with Gasteiger partial charge in [0.2, 0.25) is 0 Å². The summed E-state index contributed by atoms with van der Waals surface area (Å²) in [4.78, 5) is 0. The van der Waals surface area contributed by atoms with Crippen molar-refractivity contribution in [3.05, 3.63) is 0 Å². The molecule has 0 aromatic heterocycles. The van der Waals surface area contributed by atoms with E-state index >= 15 is 0 Å². The molecule has 68 valence electrons. The molecular formula is C6H12F3NO. The smallest absolute Gasteiger partial charge is 0.380 e. The van der Waals surface area contributed by atoms with Crippen molar-refractivity contribution in [1.29, 1.82) is 0 Å². The molecule has 1 atom stereocenters. The number of alkyl halides is 3. The first-order valence-electron chi connectivity index (χ1n) is 3.26. The van der Waals surface area contributed by atoms with Crippen molar-refractivity contribution < 1.29 is 17.9 Å². The molecule has 1 N–H and O–H groups in total. The van der Waals surface area contributed by atoms with E-state index in [4.69, 9.17) is 4.74 Å². The number of ether oxygens (including phenoxy) is 1. The lowest BCUT2D eigenvalue weighted by Gasteiger charge is -2.11. The van der Waals surface area contributed by atoms with E-state index in [1.165, 1.54) is 7.11 Å². The Balaban J connectivity index is 3.28. The lowest BCUT2D eigenvalue weighted by molar-refractivity contribution is -0.125. The van der Waals surface area contributed by atoms with Crippen molar-refractivity contribution in [2.24, 2.45) is 0 Å². The molecule has 0 bridgehead atoms. The molecule has 0 fully saturated rings. The molecule has 0 aliphatic heterocycles. The van der Waals surface area contributed by atoms with E-state index in [2.05, 4.69) is 5.32 Å². The Morgan fingerprint density at radius 3 is 2.36 bits per heavy atom. The largest absolute Gasteiger partial charge is 0.401 e. The van der Waals surface area contributed by atoms with Crippen LogP contribution < -0.4 is 5.32 Å². The van der Waals surface area contributed by atoms with Gasteiger partial charge >= 0.3 is 6.18 Å². The summed E-state index contributed by atoms with van der Waals surface area (Å²) in [6.07, 6.45) is -4.31. The van der Waals surface area contributed by atoms with Crippen LogP contribution in [0.3, 0.4) is 0 Å². The molecule has 2 nitrogen and oxygen atoms in total. The maximum absolute atomic E-state index is 11.5. The molecule has 0 rings (SSSR count). The summed E-state index contributed by atoms with van der Waals surface area (Å²) in [6.45, 7) is 0.958. The van der Waals surface area contributed by atoms with Gasteiger partial charge in [0.25, 0.3) is 0 Å². The van der Waals surface area contributed by atoms with Gasteiger partial charge in [0, 0.05) is 13.7 Å². The lowest BCUT2D eigenvalue weighted by Crippen LogP contribution is -2.34. The summed E-state index contributed by atoms with van der Waals surface area (Å²) in [6, 6.07) is 0. The number of rotatable bonds is 4. The van der Waals surface area contributed by atoms with E-state index in [0.29, 0.717) is 0 Å². The van der Waals surface area contributed by atoms with E-state index in [9.17, 15) is 13.2 Å². The summed E-state index contributed by atoms with van der Waals surface area (Å²) in [5, 5.41) is 2.23. The summed E-state index contributed by atoms with van der Waals surface area (Å²) in [5.41, 5.74) is 0. The number of nitrogens with one attached hydrogen (secondary N) is 1. The number of hydrogen-bond donors (Lipinski definition) is 1. The monoisotopic (exact) mass is 171 g/mol. The molecule has 0 aliphatic carbocycles. The van der Waals surface area contributed by atoms with Gasteiger partial charge in [-0.15, -0.1) is 0 Å². The van der Waals surface area contributed by atoms with E-state index in [1.54, 1.807) is 6.92 Å². The van der Waals surface area contributed by atoms with Crippen molar-refractivity contribution in [1.82, 2.24) is 5.32 Å². The summed E-state index contributed by atoms with van der Waals surface area (Å²) >= 11 is 0. The fourth-order valence-corrected chi connectivity index (χ4v) is 0.501. The second kappa shape index (κ2) is 4.56. The van der Waals surface area contributed by atoms with Gasteiger partial charge in [-0.25, -0.2) is 0 Å². The molecule has 0 amide bonds. The minimum absolute atomic E-state index is 0.183. The zero-order chi connectivity index (χ0) is 8.91. The van der Waals surface area contributed by atoms with E-state index < -0.39 is 12.7 Å². The third kappa shape index (κ3) is 7.61. The minimum atomic E-state index is -4.13. The van der Waals surface area contributed by atoms with Gasteiger partial charge < -0.3 is 10.1 Å². The van der Waals surface area contributed by atoms with Crippen LogP contribution in [0.5, 0.6) is 0 Å². The van der Waals surface area contributed by atoms with Crippen molar-refractivity contribution in [3.8, 4) is 0 Å². The first-order valence-corrected chi connectivity index (χ1v) is 3.26. The molecule has 0 radical (unpaired) electrons. The highest BCUT2D eigenvalue weighted by atomic mass is 19.4. The Labute approximate surface area is 63.7 Å². The third-order valence-corrected chi connectivity index (χ3v) is 1.16. The molecule has 5 heteroatoms. The van der Waals surface area contributed by atoms with E-state index in [1.807, 2.05) is 0 Å². The Kier molecular flexibility index (Phi) is 4.44. The highest BCUT2D eigenvalue weighted by molar-refractivity contribution is 4.58. The summed E-state index contributed by atoms with van der Waals surface area (Å²) < 4.78 is 39.3. The third-order valence-electron chi connectivity index (χ3n) is 1.16. The number of halogens is 3. The van der Waals surface area contributed by atoms with Crippen molar-refractivity contribution in [3.63, 3.8) is 0 Å². The molecule has 0 saturated heterocycles. The normalized spacial score (nSPS) is 15.0. The zero-order valence-corrected chi connectivity index (χ0v) is 6.53. The van der Waals surface area contributed by atoms with Crippen LogP contribution in [0.2, 0.25) is 0 Å². The van der Waals surface area contributed by atoms with Gasteiger partial charge in [0.05, 0.1) is 12.6 Å². The molecule has 0 spiro atoms. The average molecular weight is 171 g/mol. The van der Waals surface area contributed by atoms with Gasteiger partial charge in [-0.05, 0) is 6.92 Å². The predicted octanol–water partition coefficient (Wildman–Crippen LogP) is 1.17. The molecule has 0 aromatic rings. The van der Waals surface area contributed by atoms with Gasteiger partial charge in [-0.1, -0.05) is 0 Å². The van der Waals surface area contributed by atoms with Crippen LogP contribution in [0.25, 0.3) is 0 Å².